The minimum Gasteiger partial charge on any atom is -0.496 e. The van der Waals surface area contributed by atoms with Gasteiger partial charge in [-0.3, -0.25) is 19.1 Å². The lowest BCUT2D eigenvalue weighted by Gasteiger charge is -2.34. The molecule has 1 saturated heterocycles. The van der Waals surface area contributed by atoms with Crippen molar-refractivity contribution >= 4 is 39.8 Å². The Hall–Kier alpha value is -4.35. The highest BCUT2D eigenvalue weighted by molar-refractivity contribution is 7.91. The van der Waals surface area contributed by atoms with Gasteiger partial charge in [-0.2, -0.15) is 13.2 Å². The van der Waals surface area contributed by atoms with E-state index < -0.39 is 91.9 Å². The van der Waals surface area contributed by atoms with Gasteiger partial charge in [-0.15, -0.1) is 0 Å². The van der Waals surface area contributed by atoms with Gasteiger partial charge >= 0.3 is 18.2 Å². The van der Waals surface area contributed by atoms with Gasteiger partial charge in [0.25, 0.3) is 5.91 Å². The molecule has 1 aromatic rings. The quantitative estimate of drug-likeness (QED) is 0.168. The van der Waals surface area contributed by atoms with E-state index in [1.807, 2.05) is 40.7 Å². The van der Waals surface area contributed by atoms with Crippen molar-refractivity contribution in [1.29, 1.82) is 0 Å². The van der Waals surface area contributed by atoms with Gasteiger partial charge in [0.05, 0.1) is 18.4 Å². The topological polar surface area (TPSA) is 187 Å². The summed E-state index contributed by atoms with van der Waals surface area (Å²) in [6.07, 6.45) is -1.64. The molecule has 0 spiro atoms. The first-order chi connectivity index (χ1) is 28.1. The lowest BCUT2D eigenvalue weighted by Crippen LogP contribution is -2.60. The van der Waals surface area contributed by atoms with Crippen LogP contribution in [0.2, 0.25) is 0 Å². The largest absolute Gasteiger partial charge is 0.496 e. The summed E-state index contributed by atoms with van der Waals surface area (Å²) in [5.74, 6) is -4.58. The van der Waals surface area contributed by atoms with Crippen LogP contribution in [0, 0.1) is 17.8 Å². The summed E-state index contributed by atoms with van der Waals surface area (Å²) in [6.45, 7) is 14.2. The lowest BCUT2D eigenvalue weighted by atomic mass is 9.88. The molecule has 2 aliphatic carbocycles. The summed E-state index contributed by atoms with van der Waals surface area (Å²) in [5, 5.41) is 5.05. The Morgan fingerprint density at radius 2 is 1.67 bits per heavy atom. The van der Waals surface area contributed by atoms with Crippen LogP contribution >= 0.6 is 0 Å². The van der Waals surface area contributed by atoms with E-state index in [1.54, 1.807) is 38.1 Å². The van der Waals surface area contributed by atoms with Crippen LogP contribution in [0.25, 0.3) is 0 Å². The number of hydrogen-bond donors (Lipinski definition) is 3. The van der Waals surface area contributed by atoms with Crippen molar-refractivity contribution in [1.82, 2.24) is 20.3 Å². The standard InChI is InChI=1S/C38H51F3N4O10S.2C2H6.3H2/c1-7-36(16-17-36)56(51,52)44-33(49)37-20-24(37)13-9-8-12-22(2)18-23(3)29(42-34(50)55-35(4,5)38(39,40)41)31(47)45-21-25(19-27(45)30(46)43-37)54-32(48)26-14-10-11-15-28(26)53-6;2*1-2;;;/h9-11,13-15,22-25,27,29H,7-8,12,16-21H2,1-6H3,(H,42,50)(H,43,46)(H,44,49);2*1-2H3;3*1H/b13-9-;;;;;/t22-,23-,24-,25-,27+,29+,37-;;;;;/m1...../s1. The van der Waals surface area contributed by atoms with Crippen LogP contribution in [0.3, 0.4) is 0 Å². The number of nitrogens with zero attached hydrogens (tertiary/aromatic N) is 1. The first-order valence-corrected chi connectivity index (χ1v) is 22.3. The molecule has 60 heavy (non-hydrogen) atoms. The number of carbonyl (C=O) groups excluding carboxylic acids is 5. The number of para-hydroxylation sites is 1. The minimum atomic E-state index is -4.93. The Kier molecular flexibility index (Phi) is 16.7. The van der Waals surface area contributed by atoms with Gasteiger partial charge in [-0.05, 0) is 82.8 Å². The predicted molar refractivity (Wildman–Crippen MR) is 225 cm³/mol. The first kappa shape index (κ1) is 50.0. The average Bonchev–Trinajstić information content (AvgIpc) is 4.10. The third kappa shape index (κ3) is 11.1. The summed E-state index contributed by atoms with van der Waals surface area (Å²) in [6, 6.07) is 3.32. The Morgan fingerprint density at radius 1 is 1.03 bits per heavy atom. The van der Waals surface area contributed by atoms with Gasteiger partial charge in [0.2, 0.25) is 27.4 Å². The monoisotopic (exact) mass is 878 g/mol. The van der Waals surface area contributed by atoms with Gasteiger partial charge in [0.15, 0.2) is 0 Å². The van der Waals surface area contributed by atoms with Crippen LogP contribution in [-0.4, -0.2) is 97.0 Å². The van der Waals surface area contributed by atoms with Crippen LogP contribution in [0.15, 0.2) is 36.4 Å². The fourth-order valence-electron chi connectivity index (χ4n) is 7.56. The Bertz CT molecular complexity index is 1870. The number of halogens is 3. The molecule has 0 bridgehead atoms. The Labute approximate surface area is 356 Å². The molecule has 2 heterocycles. The number of nitrogens with one attached hydrogen (secondary N) is 3. The fraction of sp³-hybridized carbons (Fsp3) is 0.690. The highest BCUT2D eigenvalue weighted by Gasteiger charge is 2.63. The van der Waals surface area contributed by atoms with E-state index in [0.29, 0.717) is 52.4 Å². The number of ether oxygens (including phenoxy) is 3. The maximum absolute atomic E-state index is 14.6. The van der Waals surface area contributed by atoms with E-state index in [-0.39, 0.29) is 40.9 Å². The SMILES string of the molecule is CC.CC.CCC1(S(=O)(=O)NC(=O)[C@@]23C[C@H]2/C=C\CC[C@@H](C)C[C@@H](C)[C@H](NC(=O)OC(C)(C)C(F)(F)F)C(=O)N2C[C@H](OC(=O)c4ccccc4OC)C[C@H]2C(=O)N3)CC1.[HH].[HH].[HH]. The van der Waals surface area contributed by atoms with Crippen molar-refractivity contribution in [2.45, 2.75) is 154 Å². The number of benzene rings is 1. The molecule has 1 aromatic carbocycles. The van der Waals surface area contributed by atoms with Crippen LogP contribution in [0.1, 0.15) is 128 Å². The first-order valence-electron chi connectivity index (χ1n) is 20.9. The van der Waals surface area contributed by atoms with E-state index in [2.05, 4.69) is 15.4 Å². The number of rotatable bonds is 9. The minimum absolute atomic E-state index is 0. The fourth-order valence-corrected chi connectivity index (χ4v) is 9.23. The number of esters is 1. The van der Waals surface area contributed by atoms with E-state index in [9.17, 15) is 45.6 Å². The third-order valence-corrected chi connectivity index (χ3v) is 13.9. The van der Waals surface area contributed by atoms with E-state index in [4.69, 9.17) is 14.2 Å². The van der Waals surface area contributed by atoms with Crippen molar-refractivity contribution in [3.8, 4) is 5.75 Å². The molecule has 5 rings (SSSR count). The molecular formula is C42H69F3N4O10S. The number of hydrogen-bond acceptors (Lipinski definition) is 10. The summed E-state index contributed by atoms with van der Waals surface area (Å²) in [7, 11) is -2.74. The molecule has 0 unspecified atom stereocenters. The molecule has 0 radical (unpaired) electrons. The van der Waals surface area contributed by atoms with Crippen molar-refractivity contribution in [3.63, 3.8) is 0 Å². The normalized spacial score (nSPS) is 28.1. The van der Waals surface area contributed by atoms with Gasteiger partial charge in [0, 0.05) is 16.6 Å². The van der Waals surface area contributed by atoms with E-state index in [1.165, 1.54) is 13.2 Å². The summed E-state index contributed by atoms with van der Waals surface area (Å²) in [4.78, 5) is 70.3. The van der Waals surface area contributed by atoms with E-state index >= 15 is 0 Å². The van der Waals surface area contributed by atoms with Gasteiger partial charge < -0.3 is 29.7 Å². The number of carbonyl (C=O) groups is 5. The highest BCUT2D eigenvalue weighted by Crippen LogP contribution is 2.49. The van der Waals surface area contributed by atoms with Crippen LogP contribution in [-0.2, 0) is 33.9 Å². The van der Waals surface area contributed by atoms with Crippen molar-refractivity contribution in [2.24, 2.45) is 17.8 Å². The number of amides is 4. The number of alkyl carbamates (subject to hydrolysis) is 1. The molecule has 344 valence electrons. The Balaban J connectivity index is 0.00000533. The van der Waals surface area contributed by atoms with Gasteiger partial charge in [0.1, 0.15) is 35.0 Å². The van der Waals surface area contributed by atoms with Gasteiger partial charge in [-0.25, -0.2) is 18.0 Å². The molecule has 18 heteroatoms. The zero-order valence-corrected chi connectivity index (χ0v) is 37.2. The second-order valence-corrected chi connectivity index (χ2v) is 18.1. The molecule has 14 nitrogen and oxygen atoms in total. The van der Waals surface area contributed by atoms with Crippen molar-refractivity contribution in [3.05, 3.63) is 42.0 Å². The zero-order valence-electron chi connectivity index (χ0n) is 36.4. The predicted octanol–water partition coefficient (Wildman–Crippen LogP) is 7.32. The second-order valence-electron chi connectivity index (χ2n) is 16.1. The lowest BCUT2D eigenvalue weighted by molar-refractivity contribution is -0.244. The molecule has 0 aromatic heterocycles. The number of alkyl halides is 3. The molecule has 3 fully saturated rings. The summed E-state index contributed by atoms with van der Waals surface area (Å²) < 4.78 is 84.6. The maximum Gasteiger partial charge on any atom is 0.427 e. The molecule has 7 atom stereocenters. The van der Waals surface area contributed by atoms with Crippen molar-refractivity contribution < 1.29 is 64.1 Å². The van der Waals surface area contributed by atoms with Crippen molar-refractivity contribution in [2.75, 3.05) is 13.7 Å². The molecule has 4 amide bonds. The number of sulfonamides is 1. The zero-order chi connectivity index (χ0) is 45.4. The van der Waals surface area contributed by atoms with Gasteiger partial charge in [-0.1, -0.05) is 72.8 Å². The summed E-state index contributed by atoms with van der Waals surface area (Å²) >= 11 is 0. The molecule has 2 aliphatic heterocycles. The smallest absolute Gasteiger partial charge is 0.427 e. The second kappa shape index (κ2) is 20.0. The number of allylic oxidation sites excluding steroid dienone is 1. The van der Waals surface area contributed by atoms with Crippen LogP contribution in [0.4, 0.5) is 18.0 Å². The average molecular weight is 879 g/mol. The van der Waals surface area contributed by atoms with Crippen LogP contribution < -0.4 is 20.1 Å². The maximum atomic E-state index is 14.6. The summed E-state index contributed by atoms with van der Waals surface area (Å²) in [5.41, 5.74) is -4.53. The Morgan fingerprint density at radius 3 is 2.25 bits per heavy atom. The molecule has 4 aliphatic rings. The highest BCUT2D eigenvalue weighted by atomic mass is 32.2. The number of fused-ring (bicyclic) bond motifs is 2. The molecule has 2 saturated carbocycles. The number of methoxy groups -OCH3 is 1. The molecular weight excluding hydrogens is 810 g/mol. The third-order valence-electron chi connectivity index (χ3n) is 11.6. The van der Waals surface area contributed by atoms with Crippen LogP contribution in [0.5, 0.6) is 5.75 Å². The van der Waals surface area contributed by atoms with E-state index in [0.717, 1.165) is 4.90 Å². The molecule has 3 N–H and O–H groups in total.